The second-order valence-corrected chi connectivity index (χ2v) is 7.24. The minimum Gasteiger partial charge on any atom is -0.373 e. The summed E-state index contributed by atoms with van der Waals surface area (Å²) >= 11 is 0. The van der Waals surface area contributed by atoms with Crippen LogP contribution >= 0.6 is 0 Å². The van der Waals surface area contributed by atoms with Crippen molar-refractivity contribution in [2.24, 2.45) is 0 Å². The highest BCUT2D eigenvalue weighted by molar-refractivity contribution is 7.92. The van der Waals surface area contributed by atoms with Crippen molar-refractivity contribution in [2.45, 2.75) is 42.9 Å². The van der Waals surface area contributed by atoms with Crippen molar-refractivity contribution in [3.63, 3.8) is 0 Å². The lowest BCUT2D eigenvalue weighted by Gasteiger charge is -2.08. The molecule has 1 atom stereocenters. The number of hydrogen-bond donors (Lipinski definition) is 0. The monoisotopic (exact) mass is 254 g/mol. The summed E-state index contributed by atoms with van der Waals surface area (Å²) in [4.78, 5) is 0.416. The highest BCUT2D eigenvalue weighted by Gasteiger charge is 2.22. The van der Waals surface area contributed by atoms with E-state index in [1.807, 2.05) is 12.1 Å². The van der Waals surface area contributed by atoms with Gasteiger partial charge in [0, 0.05) is 0 Å². The Balaban J connectivity index is 2.06. The maximum atomic E-state index is 11.9. The van der Waals surface area contributed by atoms with E-state index in [1.54, 1.807) is 26.0 Å². The molecular weight excluding hydrogens is 236 g/mol. The van der Waals surface area contributed by atoms with Gasteiger partial charge in [-0.05, 0) is 44.4 Å². The SMILES string of the molecule is CC(C)S(=O)(=O)c1ccc(CCC2CO2)cc1. The Hall–Kier alpha value is -0.870. The van der Waals surface area contributed by atoms with Crippen LogP contribution in [0.15, 0.2) is 29.2 Å². The zero-order chi connectivity index (χ0) is 12.5. The Morgan fingerprint density at radius 3 is 2.35 bits per heavy atom. The third-order valence-corrected chi connectivity index (χ3v) is 5.20. The number of aryl methyl sites for hydroxylation is 1. The standard InChI is InChI=1S/C13H18O3S/c1-10(2)17(14,15)13-7-4-11(5-8-13)3-6-12-9-16-12/h4-5,7-8,10,12H,3,6,9H2,1-2H3. The molecule has 1 aromatic carbocycles. The molecule has 0 bridgehead atoms. The number of epoxide rings is 1. The molecule has 0 spiro atoms. The predicted molar refractivity (Wildman–Crippen MR) is 66.8 cm³/mol. The van der Waals surface area contributed by atoms with E-state index in [-0.39, 0.29) is 5.25 Å². The largest absolute Gasteiger partial charge is 0.373 e. The van der Waals surface area contributed by atoms with Crippen molar-refractivity contribution < 1.29 is 13.2 Å². The van der Waals surface area contributed by atoms with E-state index in [9.17, 15) is 8.42 Å². The normalized spacial score (nSPS) is 19.6. The topological polar surface area (TPSA) is 46.7 Å². The first-order valence-electron chi connectivity index (χ1n) is 5.94. The zero-order valence-electron chi connectivity index (χ0n) is 10.2. The van der Waals surface area contributed by atoms with Crippen molar-refractivity contribution in [1.82, 2.24) is 0 Å². The zero-order valence-corrected chi connectivity index (χ0v) is 11.0. The Morgan fingerprint density at radius 2 is 1.88 bits per heavy atom. The molecule has 0 radical (unpaired) electrons. The average Bonchev–Trinajstić information content (AvgIpc) is 3.10. The molecule has 2 rings (SSSR count). The van der Waals surface area contributed by atoms with Crippen molar-refractivity contribution in [1.29, 1.82) is 0 Å². The summed E-state index contributed by atoms with van der Waals surface area (Å²) in [5, 5.41) is -0.367. The number of sulfone groups is 1. The fourth-order valence-electron chi connectivity index (χ4n) is 1.68. The second-order valence-electron chi connectivity index (χ2n) is 4.73. The Bertz CT molecular complexity index is 470. The van der Waals surface area contributed by atoms with Crippen LogP contribution in [0.25, 0.3) is 0 Å². The lowest BCUT2D eigenvalue weighted by Crippen LogP contribution is -2.13. The molecule has 0 aliphatic carbocycles. The summed E-state index contributed by atoms with van der Waals surface area (Å²) in [5.74, 6) is 0. The lowest BCUT2D eigenvalue weighted by atomic mass is 10.1. The predicted octanol–water partition coefficient (Wildman–Crippen LogP) is 2.20. The van der Waals surface area contributed by atoms with Gasteiger partial charge >= 0.3 is 0 Å². The maximum absolute atomic E-state index is 11.9. The van der Waals surface area contributed by atoms with Crippen LogP contribution in [-0.2, 0) is 21.0 Å². The van der Waals surface area contributed by atoms with E-state index in [0.717, 1.165) is 19.4 Å². The molecule has 1 aliphatic rings. The molecular formula is C13H18O3S. The highest BCUT2D eigenvalue weighted by Crippen LogP contribution is 2.19. The summed E-state index contributed by atoms with van der Waals surface area (Å²) in [6, 6.07) is 7.21. The molecule has 1 aromatic rings. The van der Waals surface area contributed by atoms with E-state index in [0.29, 0.717) is 11.0 Å². The number of ether oxygens (including phenoxy) is 1. The lowest BCUT2D eigenvalue weighted by molar-refractivity contribution is 0.397. The molecule has 1 unspecified atom stereocenters. The van der Waals surface area contributed by atoms with Crippen LogP contribution in [0.4, 0.5) is 0 Å². The molecule has 0 aromatic heterocycles. The summed E-state index contributed by atoms with van der Waals surface area (Å²) in [5.41, 5.74) is 1.17. The maximum Gasteiger partial charge on any atom is 0.180 e. The van der Waals surface area contributed by atoms with Crippen molar-refractivity contribution >= 4 is 9.84 Å². The number of rotatable bonds is 5. The Kier molecular flexibility index (Phi) is 3.54. The molecule has 0 amide bonds. The van der Waals surface area contributed by atoms with E-state index in [2.05, 4.69) is 0 Å². The van der Waals surface area contributed by atoms with Gasteiger partial charge in [0.15, 0.2) is 9.84 Å². The van der Waals surface area contributed by atoms with E-state index in [4.69, 9.17) is 4.74 Å². The summed E-state index contributed by atoms with van der Waals surface area (Å²) < 4.78 is 28.9. The van der Waals surface area contributed by atoms with Crippen molar-refractivity contribution in [2.75, 3.05) is 6.61 Å². The van der Waals surface area contributed by atoms with Crippen LogP contribution in [0.5, 0.6) is 0 Å². The van der Waals surface area contributed by atoms with Crippen LogP contribution in [0.1, 0.15) is 25.8 Å². The average molecular weight is 254 g/mol. The van der Waals surface area contributed by atoms with Gasteiger partial charge in [0.25, 0.3) is 0 Å². The molecule has 1 fully saturated rings. The van der Waals surface area contributed by atoms with Crippen molar-refractivity contribution in [3.05, 3.63) is 29.8 Å². The van der Waals surface area contributed by atoms with Gasteiger partial charge in [0.2, 0.25) is 0 Å². The van der Waals surface area contributed by atoms with E-state index in [1.165, 1.54) is 5.56 Å². The Labute approximate surface area is 103 Å². The van der Waals surface area contributed by atoms with Gasteiger partial charge in [0.1, 0.15) is 0 Å². The fraction of sp³-hybridized carbons (Fsp3) is 0.538. The summed E-state index contributed by atoms with van der Waals surface area (Å²) in [7, 11) is -3.14. The first kappa shape index (κ1) is 12.6. The third-order valence-electron chi connectivity index (χ3n) is 3.03. The van der Waals surface area contributed by atoms with Gasteiger partial charge in [-0.15, -0.1) is 0 Å². The third kappa shape index (κ3) is 3.07. The van der Waals surface area contributed by atoms with Gasteiger partial charge in [-0.25, -0.2) is 8.42 Å². The molecule has 1 heterocycles. The first-order chi connectivity index (χ1) is 8.00. The molecule has 17 heavy (non-hydrogen) atoms. The van der Waals surface area contributed by atoms with Crippen LogP contribution in [-0.4, -0.2) is 26.4 Å². The highest BCUT2D eigenvalue weighted by atomic mass is 32.2. The number of benzene rings is 1. The molecule has 0 saturated carbocycles. The van der Waals surface area contributed by atoms with Crippen LogP contribution in [0.2, 0.25) is 0 Å². The molecule has 4 heteroatoms. The second kappa shape index (κ2) is 4.78. The summed E-state index contributed by atoms with van der Waals surface area (Å²) in [6.07, 6.45) is 2.40. The first-order valence-corrected chi connectivity index (χ1v) is 7.49. The van der Waals surface area contributed by atoms with Gasteiger partial charge < -0.3 is 4.74 Å². The van der Waals surface area contributed by atoms with Crippen LogP contribution < -0.4 is 0 Å². The fourth-order valence-corrected chi connectivity index (χ4v) is 2.74. The van der Waals surface area contributed by atoms with Crippen LogP contribution in [0, 0.1) is 0 Å². The quantitative estimate of drug-likeness (QED) is 0.757. The smallest absolute Gasteiger partial charge is 0.180 e. The Morgan fingerprint density at radius 1 is 1.29 bits per heavy atom. The molecule has 94 valence electrons. The molecule has 1 aliphatic heterocycles. The van der Waals surface area contributed by atoms with E-state index >= 15 is 0 Å². The molecule has 3 nitrogen and oxygen atoms in total. The minimum atomic E-state index is -3.14. The van der Waals surface area contributed by atoms with Crippen LogP contribution in [0.3, 0.4) is 0 Å². The van der Waals surface area contributed by atoms with Gasteiger partial charge in [0.05, 0.1) is 22.9 Å². The van der Waals surface area contributed by atoms with Gasteiger partial charge in [-0.2, -0.15) is 0 Å². The van der Waals surface area contributed by atoms with Gasteiger partial charge in [-0.1, -0.05) is 12.1 Å². The minimum absolute atomic E-state index is 0.367. The van der Waals surface area contributed by atoms with E-state index < -0.39 is 9.84 Å². The molecule has 0 N–H and O–H groups in total. The van der Waals surface area contributed by atoms with Gasteiger partial charge in [-0.3, -0.25) is 0 Å². The molecule has 1 saturated heterocycles. The summed E-state index contributed by atoms with van der Waals surface area (Å²) in [6.45, 7) is 4.28. The number of hydrogen-bond acceptors (Lipinski definition) is 3. The van der Waals surface area contributed by atoms with Crippen molar-refractivity contribution in [3.8, 4) is 0 Å².